The predicted molar refractivity (Wildman–Crippen MR) is 72.4 cm³/mol. The van der Waals surface area contributed by atoms with Crippen LogP contribution in [0.5, 0.6) is 0 Å². The molecule has 1 unspecified atom stereocenters. The van der Waals surface area contributed by atoms with Gasteiger partial charge in [0.25, 0.3) is 0 Å². The molecule has 90 valence electrons. The van der Waals surface area contributed by atoms with Crippen molar-refractivity contribution in [2.45, 2.75) is 19.9 Å². The third kappa shape index (κ3) is 3.01. The molecule has 17 heavy (non-hydrogen) atoms. The molecule has 1 N–H and O–H groups in total. The lowest BCUT2D eigenvalue weighted by atomic mass is 10.2. The molecule has 2 aromatic rings. The van der Waals surface area contributed by atoms with Gasteiger partial charge in [0.15, 0.2) is 0 Å². The highest BCUT2D eigenvalue weighted by atomic mass is 79.9. The van der Waals surface area contributed by atoms with Gasteiger partial charge >= 0.3 is 0 Å². The van der Waals surface area contributed by atoms with Crippen LogP contribution in [-0.4, -0.2) is 4.98 Å². The number of nitrogens with zero attached hydrogens (tertiary/aromatic N) is 1. The Morgan fingerprint density at radius 3 is 2.82 bits per heavy atom. The quantitative estimate of drug-likeness (QED) is 0.901. The maximum atomic E-state index is 5.84. The normalized spacial score (nSPS) is 12.5. The number of halogens is 2. The average Bonchev–Trinajstić information content (AvgIpc) is 2.69. The zero-order valence-electron chi connectivity index (χ0n) is 9.50. The van der Waals surface area contributed by atoms with E-state index < -0.39 is 0 Å². The molecule has 0 saturated heterocycles. The Kier molecular flexibility index (Phi) is 3.74. The van der Waals surface area contributed by atoms with E-state index in [0.29, 0.717) is 5.02 Å². The third-order valence-corrected chi connectivity index (χ3v) is 3.16. The minimum Gasteiger partial charge on any atom is -0.464 e. The molecule has 0 amide bonds. The fourth-order valence-corrected chi connectivity index (χ4v) is 2.24. The molecule has 0 fully saturated rings. The predicted octanol–water partition coefficient (Wildman–Crippen LogP) is 4.57. The van der Waals surface area contributed by atoms with Gasteiger partial charge < -0.3 is 9.73 Å². The van der Waals surface area contributed by atoms with E-state index >= 15 is 0 Å². The summed E-state index contributed by atoms with van der Waals surface area (Å²) in [5, 5.41) is 3.86. The van der Waals surface area contributed by atoms with E-state index in [-0.39, 0.29) is 6.04 Å². The van der Waals surface area contributed by atoms with Crippen LogP contribution in [0.4, 0.5) is 5.82 Å². The summed E-state index contributed by atoms with van der Waals surface area (Å²) < 4.78 is 6.38. The zero-order valence-corrected chi connectivity index (χ0v) is 11.8. The van der Waals surface area contributed by atoms with E-state index in [1.165, 1.54) is 0 Å². The molecule has 0 aliphatic rings. The average molecular weight is 316 g/mol. The van der Waals surface area contributed by atoms with E-state index in [4.69, 9.17) is 16.0 Å². The first-order chi connectivity index (χ1) is 8.06. The maximum Gasteiger partial charge on any atom is 0.140 e. The molecule has 2 rings (SSSR count). The van der Waals surface area contributed by atoms with Gasteiger partial charge in [0, 0.05) is 6.20 Å². The summed E-state index contributed by atoms with van der Waals surface area (Å²) in [5.41, 5.74) is 0. The number of aromatic nitrogens is 1. The molecule has 5 heteroatoms. The molecule has 3 nitrogen and oxygen atoms in total. The van der Waals surface area contributed by atoms with Crippen molar-refractivity contribution in [3.8, 4) is 0 Å². The van der Waals surface area contributed by atoms with Crippen molar-refractivity contribution in [2.75, 3.05) is 5.32 Å². The van der Waals surface area contributed by atoms with Crippen molar-refractivity contribution in [2.24, 2.45) is 0 Å². The molecule has 0 saturated carbocycles. The van der Waals surface area contributed by atoms with E-state index in [0.717, 1.165) is 21.8 Å². The molecule has 0 aromatic carbocycles. The number of aryl methyl sites for hydroxylation is 1. The molecule has 1 atom stereocenters. The summed E-state index contributed by atoms with van der Waals surface area (Å²) >= 11 is 9.25. The highest BCUT2D eigenvalue weighted by Crippen LogP contribution is 2.27. The summed E-state index contributed by atoms with van der Waals surface area (Å²) in [6.45, 7) is 3.94. The van der Waals surface area contributed by atoms with Gasteiger partial charge in [0.05, 0.1) is 15.5 Å². The topological polar surface area (TPSA) is 38.1 Å². The van der Waals surface area contributed by atoms with Crippen LogP contribution in [0.3, 0.4) is 0 Å². The fraction of sp³-hybridized carbons (Fsp3) is 0.250. The van der Waals surface area contributed by atoms with Crippen LogP contribution < -0.4 is 5.32 Å². The second kappa shape index (κ2) is 5.10. The summed E-state index contributed by atoms with van der Waals surface area (Å²) in [5.74, 6) is 2.53. The lowest BCUT2D eigenvalue weighted by molar-refractivity contribution is 0.466. The highest BCUT2D eigenvalue weighted by Gasteiger charge is 2.11. The van der Waals surface area contributed by atoms with Gasteiger partial charge in [-0.25, -0.2) is 4.98 Å². The largest absolute Gasteiger partial charge is 0.464 e. The van der Waals surface area contributed by atoms with Crippen LogP contribution in [0, 0.1) is 6.92 Å². The molecule has 0 aliphatic carbocycles. The molecule has 0 aliphatic heterocycles. The van der Waals surface area contributed by atoms with E-state index in [9.17, 15) is 0 Å². The molecular formula is C12H12BrClN2O. The summed E-state index contributed by atoms with van der Waals surface area (Å²) in [4.78, 5) is 4.22. The number of nitrogens with one attached hydrogen (secondary N) is 1. The first-order valence-electron chi connectivity index (χ1n) is 5.20. The second-order valence-electron chi connectivity index (χ2n) is 3.80. The van der Waals surface area contributed by atoms with E-state index in [1.54, 1.807) is 12.3 Å². The number of rotatable bonds is 3. The summed E-state index contributed by atoms with van der Waals surface area (Å²) in [6.07, 6.45) is 1.61. The van der Waals surface area contributed by atoms with Crippen LogP contribution in [0.15, 0.2) is 33.3 Å². The SMILES string of the molecule is Cc1ccc(C(C)Nc2ncc(Cl)cc2Br)o1. The van der Waals surface area contributed by atoms with Gasteiger partial charge in [-0.1, -0.05) is 11.6 Å². The number of hydrogen-bond donors (Lipinski definition) is 1. The lowest BCUT2D eigenvalue weighted by Gasteiger charge is -2.13. The zero-order chi connectivity index (χ0) is 12.4. The first-order valence-corrected chi connectivity index (χ1v) is 6.37. The van der Waals surface area contributed by atoms with E-state index in [2.05, 4.69) is 26.2 Å². The number of hydrogen-bond acceptors (Lipinski definition) is 3. The Balaban J connectivity index is 2.15. The van der Waals surface area contributed by atoms with Crippen LogP contribution >= 0.6 is 27.5 Å². The van der Waals surface area contributed by atoms with Crippen molar-refractivity contribution in [1.82, 2.24) is 4.98 Å². The van der Waals surface area contributed by atoms with Crippen molar-refractivity contribution in [1.29, 1.82) is 0 Å². The van der Waals surface area contributed by atoms with Crippen LogP contribution in [0.2, 0.25) is 5.02 Å². The van der Waals surface area contributed by atoms with Crippen molar-refractivity contribution < 1.29 is 4.42 Å². The minimum absolute atomic E-state index is 0.0497. The van der Waals surface area contributed by atoms with Crippen molar-refractivity contribution in [3.05, 3.63) is 45.4 Å². The number of pyridine rings is 1. The third-order valence-electron chi connectivity index (χ3n) is 2.35. The second-order valence-corrected chi connectivity index (χ2v) is 5.09. The summed E-state index contributed by atoms with van der Waals surface area (Å²) in [6, 6.07) is 5.75. The Hall–Kier alpha value is -1.000. The van der Waals surface area contributed by atoms with Gasteiger partial charge in [0.2, 0.25) is 0 Å². The number of furan rings is 1. The molecule has 0 spiro atoms. The van der Waals surface area contributed by atoms with E-state index in [1.807, 2.05) is 26.0 Å². The number of anilines is 1. The molecule has 0 radical (unpaired) electrons. The van der Waals surface area contributed by atoms with Crippen LogP contribution in [0.25, 0.3) is 0 Å². The van der Waals surface area contributed by atoms with Gasteiger partial charge in [-0.2, -0.15) is 0 Å². The van der Waals surface area contributed by atoms with Crippen LogP contribution in [0.1, 0.15) is 24.5 Å². The van der Waals surface area contributed by atoms with Crippen molar-refractivity contribution in [3.63, 3.8) is 0 Å². The van der Waals surface area contributed by atoms with Crippen molar-refractivity contribution >= 4 is 33.3 Å². The fourth-order valence-electron chi connectivity index (χ4n) is 1.48. The Bertz CT molecular complexity index is 527. The smallest absolute Gasteiger partial charge is 0.140 e. The standard InChI is InChI=1S/C12H12BrClN2O/c1-7-3-4-11(17-7)8(2)16-12-10(13)5-9(14)6-15-12/h3-6,8H,1-2H3,(H,15,16). The Labute approximate surface area is 113 Å². The van der Waals surface area contributed by atoms with Gasteiger partial charge in [-0.15, -0.1) is 0 Å². The lowest BCUT2D eigenvalue weighted by Crippen LogP contribution is -2.07. The molecule has 2 heterocycles. The summed E-state index contributed by atoms with van der Waals surface area (Å²) in [7, 11) is 0. The maximum absolute atomic E-state index is 5.84. The molecule has 0 bridgehead atoms. The van der Waals surface area contributed by atoms with Gasteiger partial charge in [-0.3, -0.25) is 0 Å². The minimum atomic E-state index is 0.0497. The first kappa shape index (κ1) is 12.5. The Morgan fingerprint density at radius 1 is 1.47 bits per heavy atom. The van der Waals surface area contributed by atoms with Crippen LogP contribution in [-0.2, 0) is 0 Å². The highest BCUT2D eigenvalue weighted by molar-refractivity contribution is 9.10. The molecular weight excluding hydrogens is 304 g/mol. The van der Waals surface area contributed by atoms with Gasteiger partial charge in [-0.05, 0) is 48.0 Å². The molecule has 2 aromatic heterocycles. The monoisotopic (exact) mass is 314 g/mol. The van der Waals surface area contributed by atoms with Gasteiger partial charge in [0.1, 0.15) is 17.3 Å². The Morgan fingerprint density at radius 2 is 2.24 bits per heavy atom.